The van der Waals surface area contributed by atoms with E-state index in [0.29, 0.717) is 29.3 Å². The lowest BCUT2D eigenvalue weighted by molar-refractivity contribution is -0.384. The van der Waals surface area contributed by atoms with Gasteiger partial charge in [-0.2, -0.15) is 0 Å². The minimum atomic E-state index is -0.504. The van der Waals surface area contributed by atoms with Crippen molar-refractivity contribution in [2.75, 3.05) is 11.9 Å². The fourth-order valence-electron chi connectivity index (χ4n) is 2.27. The molecule has 2 aromatic heterocycles. The average Bonchev–Trinajstić information content (AvgIpc) is 2.97. The van der Waals surface area contributed by atoms with E-state index in [1.807, 2.05) is 6.07 Å². The van der Waals surface area contributed by atoms with Crippen LogP contribution in [0.2, 0.25) is 0 Å². The summed E-state index contributed by atoms with van der Waals surface area (Å²) in [5, 5.41) is 24.1. The van der Waals surface area contributed by atoms with Crippen LogP contribution in [-0.4, -0.2) is 37.6 Å². The predicted octanol–water partition coefficient (Wildman–Crippen LogP) is 2.33. The van der Waals surface area contributed by atoms with Crippen molar-refractivity contribution in [1.82, 2.24) is 15.0 Å². The van der Waals surface area contributed by atoms with Crippen LogP contribution < -0.4 is 5.32 Å². The second kappa shape index (κ2) is 6.01. The van der Waals surface area contributed by atoms with Crippen LogP contribution in [0.4, 0.5) is 11.5 Å². The average molecular weight is 313 g/mol. The largest absolute Gasteiger partial charge is 0.392 e. The zero-order chi connectivity index (χ0) is 16.4. The summed E-state index contributed by atoms with van der Waals surface area (Å²) < 4.78 is 0. The molecule has 0 aliphatic heterocycles. The summed E-state index contributed by atoms with van der Waals surface area (Å²) in [5.41, 5.74) is 2.05. The predicted molar refractivity (Wildman–Crippen MR) is 86.1 cm³/mol. The van der Waals surface area contributed by atoms with Crippen LogP contribution in [0.15, 0.2) is 36.7 Å². The Bertz CT molecular complexity index is 859. The van der Waals surface area contributed by atoms with E-state index in [0.717, 1.165) is 5.39 Å². The van der Waals surface area contributed by atoms with Crippen LogP contribution in [-0.2, 0) is 0 Å². The van der Waals surface area contributed by atoms with E-state index in [1.54, 1.807) is 19.1 Å². The Hall–Kier alpha value is -3.00. The number of hydrogen-bond donors (Lipinski definition) is 3. The molecule has 23 heavy (non-hydrogen) atoms. The SMILES string of the molecule is CC(O)CNc1ncnc2[nH]c(-c3cccc([N+](=O)[O-])c3)cc12. The molecule has 2 heterocycles. The highest BCUT2D eigenvalue weighted by molar-refractivity contribution is 5.91. The fraction of sp³-hybridized carbons (Fsp3) is 0.200. The van der Waals surface area contributed by atoms with Crippen molar-refractivity contribution in [3.8, 4) is 11.3 Å². The summed E-state index contributed by atoms with van der Waals surface area (Å²) in [5.74, 6) is 0.601. The maximum Gasteiger partial charge on any atom is 0.270 e. The number of nitrogens with zero attached hydrogens (tertiary/aromatic N) is 3. The highest BCUT2D eigenvalue weighted by Gasteiger charge is 2.12. The summed E-state index contributed by atoms with van der Waals surface area (Å²) in [6.45, 7) is 2.04. The van der Waals surface area contributed by atoms with Crippen LogP contribution in [0.25, 0.3) is 22.3 Å². The second-order valence-electron chi connectivity index (χ2n) is 5.20. The molecule has 1 unspecified atom stereocenters. The third kappa shape index (κ3) is 3.11. The minimum Gasteiger partial charge on any atom is -0.392 e. The van der Waals surface area contributed by atoms with Crippen molar-refractivity contribution in [2.24, 2.45) is 0 Å². The van der Waals surface area contributed by atoms with Gasteiger partial charge < -0.3 is 15.4 Å². The molecule has 3 N–H and O–H groups in total. The number of anilines is 1. The van der Waals surface area contributed by atoms with Gasteiger partial charge in [-0.1, -0.05) is 12.1 Å². The monoisotopic (exact) mass is 313 g/mol. The number of benzene rings is 1. The quantitative estimate of drug-likeness (QED) is 0.491. The van der Waals surface area contributed by atoms with Gasteiger partial charge in [-0.05, 0) is 13.0 Å². The molecule has 1 aromatic carbocycles. The van der Waals surface area contributed by atoms with E-state index < -0.39 is 11.0 Å². The molecule has 0 saturated carbocycles. The van der Waals surface area contributed by atoms with Gasteiger partial charge >= 0.3 is 0 Å². The number of aliphatic hydroxyl groups is 1. The molecule has 0 amide bonds. The maximum atomic E-state index is 10.9. The first-order valence-corrected chi connectivity index (χ1v) is 7.05. The lowest BCUT2D eigenvalue weighted by Crippen LogP contribution is -2.16. The molecule has 8 heteroatoms. The van der Waals surface area contributed by atoms with E-state index in [1.165, 1.54) is 18.5 Å². The number of H-pyrrole nitrogens is 1. The van der Waals surface area contributed by atoms with Crippen molar-refractivity contribution in [3.63, 3.8) is 0 Å². The molecule has 3 rings (SSSR count). The van der Waals surface area contributed by atoms with Gasteiger partial charge in [0.15, 0.2) is 0 Å². The van der Waals surface area contributed by atoms with E-state index in [9.17, 15) is 15.2 Å². The van der Waals surface area contributed by atoms with Crippen LogP contribution in [0.5, 0.6) is 0 Å². The van der Waals surface area contributed by atoms with E-state index in [-0.39, 0.29) is 5.69 Å². The number of aromatic nitrogens is 3. The highest BCUT2D eigenvalue weighted by Crippen LogP contribution is 2.28. The van der Waals surface area contributed by atoms with Crippen molar-refractivity contribution in [1.29, 1.82) is 0 Å². The molecule has 0 aliphatic rings. The third-order valence-corrected chi connectivity index (χ3v) is 3.36. The van der Waals surface area contributed by atoms with Crippen molar-refractivity contribution < 1.29 is 10.0 Å². The van der Waals surface area contributed by atoms with Gasteiger partial charge in [0.25, 0.3) is 5.69 Å². The molecule has 118 valence electrons. The first kappa shape index (κ1) is 14.9. The van der Waals surface area contributed by atoms with Gasteiger partial charge in [-0.3, -0.25) is 10.1 Å². The van der Waals surface area contributed by atoms with Gasteiger partial charge in [0.2, 0.25) is 0 Å². The fourth-order valence-corrected chi connectivity index (χ4v) is 2.27. The molecule has 0 fully saturated rings. The van der Waals surface area contributed by atoms with Crippen LogP contribution in [0.3, 0.4) is 0 Å². The number of non-ortho nitro benzene ring substituents is 1. The molecule has 1 atom stereocenters. The van der Waals surface area contributed by atoms with Crippen LogP contribution in [0, 0.1) is 10.1 Å². The molecule has 0 saturated heterocycles. The Morgan fingerprint density at radius 2 is 2.22 bits per heavy atom. The summed E-state index contributed by atoms with van der Waals surface area (Å²) in [7, 11) is 0. The highest BCUT2D eigenvalue weighted by atomic mass is 16.6. The Labute approximate surface area is 131 Å². The van der Waals surface area contributed by atoms with E-state index in [4.69, 9.17) is 0 Å². The Morgan fingerprint density at radius 3 is 2.96 bits per heavy atom. The van der Waals surface area contributed by atoms with Gasteiger partial charge in [0, 0.05) is 29.9 Å². The number of aromatic amines is 1. The van der Waals surface area contributed by atoms with Gasteiger partial charge in [-0.25, -0.2) is 9.97 Å². The molecular formula is C15H15N5O3. The number of fused-ring (bicyclic) bond motifs is 1. The number of nitro benzene ring substituents is 1. The minimum absolute atomic E-state index is 0.0275. The lowest BCUT2D eigenvalue weighted by Gasteiger charge is -2.07. The van der Waals surface area contributed by atoms with Crippen molar-refractivity contribution in [2.45, 2.75) is 13.0 Å². The molecule has 0 bridgehead atoms. The van der Waals surface area contributed by atoms with Gasteiger partial charge in [0.05, 0.1) is 16.4 Å². The molecular weight excluding hydrogens is 298 g/mol. The Balaban J connectivity index is 2.01. The first-order valence-electron chi connectivity index (χ1n) is 7.05. The number of nitro groups is 1. The first-order chi connectivity index (χ1) is 11.0. The summed E-state index contributed by atoms with van der Waals surface area (Å²) in [6, 6.07) is 8.20. The summed E-state index contributed by atoms with van der Waals surface area (Å²) in [6.07, 6.45) is 0.913. The maximum absolute atomic E-state index is 10.9. The van der Waals surface area contributed by atoms with Crippen molar-refractivity contribution in [3.05, 3.63) is 46.8 Å². The number of nitrogens with one attached hydrogen (secondary N) is 2. The molecule has 8 nitrogen and oxygen atoms in total. The third-order valence-electron chi connectivity index (χ3n) is 3.36. The Morgan fingerprint density at radius 1 is 1.39 bits per heavy atom. The standard InChI is InChI=1S/C15H15N5O3/c1-9(21)7-16-14-12-6-13(19-15(12)18-8-17-14)10-3-2-4-11(5-10)20(22)23/h2-6,8-9,21H,7H2,1H3,(H2,16,17,18,19). The summed E-state index contributed by atoms with van der Waals surface area (Å²) >= 11 is 0. The molecule has 0 aliphatic carbocycles. The topological polar surface area (TPSA) is 117 Å². The zero-order valence-corrected chi connectivity index (χ0v) is 12.4. The van der Waals surface area contributed by atoms with E-state index in [2.05, 4.69) is 20.3 Å². The Kier molecular flexibility index (Phi) is 3.90. The van der Waals surface area contributed by atoms with E-state index >= 15 is 0 Å². The number of hydrogen-bond acceptors (Lipinski definition) is 6. The second-order valence-corrected chi connectivity index (χ2v) is 5.20. The molecule has 0 radical (unpaired) electrons. The van der Waals surface area contributed by atoms with Crippen LogP contribution in [0.1, 0.15) is 6.92 Å². The molecule has 3 aromatic rings. The van der Waals surface area contributed by atoms with Crippen LogP contribution >= 0.6 is 0 Å². The van der Waals surface area contributed by atoms with Gasteiger partial charge in [0.1, 0.15) is 17.8 Å². The summed E-state index contributed by atoms with van der Waals surface area (Å²) in [4.78, 5) is 21.9. The normalized spacial score (nSPS) is 12.3. The lowest BCUT2D eigenvalue weighted by atomic mass is 10.1. The molecule has 0 spiro atoms. The smallest absolute Gasteiger partial charge is 0.270 e. The number of rotatable bonds is 5. The van der Waals surface area contributed by atoms with Gasteiger partial charge in [-0.15, -0.1) is 0 Å². The zero-order valence-electron chi connectivity index (χ0n) is 12.4. The van der Waals surface area contributed by atoms with Crippen molar-refractivity contribution >= 4 is 22.5 Å². The number of aliphatic hydroxyl groups excluding tert-OH is 1.